The van der Waals surface area contributed by atoms with Gasteiger partial charge in [0, 0.05) is 38.5 Å². The highest BCUT2D eigenvalue weighted by Crippen LogP contribution is 2.18. The van der Waals surface area contributed by atoms with Crippen LogP contribution in [0.1, 0.15) is 12.8 Å². The molecule has 2 aliphatic rings. The van der Waals surface area contributed by atoms with E-state index in [0.29, 0.717) is 0 Å². The summed E-state index contributed by atoms with van der Waals surface area (Å²) in [6, 6.07) is 10.4. The zero-order valence-corrected chi connectivity index (χ0v) is 11.1. The largest absolute Gasteiger partial charge is 0.368 e. The Labute approximate surface area is 113 Å². The minimum Gasteiger partial charge on any atom is -0.368 e. The summed E-state index contributed by atoms with van der Waals surface area (Å²) in [6.45, 7) is 4.15. The Morgan fingerprint density at radius 3 is 2.47 bits per heavy atom. The molecule has 2 aliphatic heterocycles. The number of piperazine rings is 1. The molecule has 2 heterocycles. The fourth-order valence-electron chi connectivity index (χ4n) is 2.80. The lowest BCUT2D eigenvalue weighted by molar-refractivity contribution is -0.141. The molecule has 1 atom stereocenters. The zero-order valence-electron chi connectivity index (χ0n) is 11.1. The summed E-state index contributed by atoms with van der Waals surface area (Å²) < 4.78 is 5.47. The molecule has 0 aromatic heterocycles. The third-order valence-electron chi connectivity index (χ3n) is 3.92. The van der Waals surface area contributed by atoms with Crippen molar-refractivity contribution < 1.29 is 9.53 Å². The molecule has 0 unspecified atom stereocenters. The topological polar surface area (TPSA) is 32.8 Å². The van der Waals surface area contributed by atoms with Gasteiger partial charge in [-0.05, 0) is 25.0 Å². The summed E-state index contributed by atoms with van der Waals surface area (Å²) >= 11 is 0. The summed E-state index contributed by atoms with van der Waals surface area (Å²) in [7, 11) is 0. The van der Waals surface area contributed by atoms with Gasteiger partial charge in [-0.1, -0.05) is 18.2 Å². The van der Waals surface area contributed by atoms with Crippen molar-refractivity contribution in [2.24, 2.45) is 0 Å². The number of ether oxygens (including phenoxy) is 1. The van der Waals surface area contributed by atoms with E-state index in [1.54, 1.807) is 0 Å². The minimum absolute atomic E-state index is 0.178. The Morgan fingerprint density at radius 2 is 1.84 bits per heavy atom. The number of anilines is 1. The van der Waals surface area contributed by atoms with E-state index >= 15 is 0 Å². The minimum atomic E-state index is -0.178. The van der Waals surface area contributed by atoms with E-state index in [1.165, 1.54) is 5.69 Å². The van der Waals surface area contributed by atoms with Crippen molar-refractivity contribution in [1.29, 1.82) is 0 Å². The van der Waals surface area contributed by atoms with E-state index in [4.69, 9.17) is 4.74 Å². The van der Waals surface area contributed by atoms with Gasteiger partial charge in [0.2, 0.25) is 0 Å². The van der Waals surface area contributed by atoms with Crippen LogP contribution in [0, 0.1) is 0 Å². The molecule has 1 aromatic carbocycles. The van der Waals surface area contributed by atoms with Crippen LogP contribution in [-0.2, 0) is 9.53 Å². The number of benzene rings is 1. The number of hydrogen-bond acceptors (Lipinski definition) is 3. The van der Waals surface area contributed by atoms with Gasteiger partial charge in [-0.15, -0.1) is 0 Å². The van der Waals surface area contributed by atoms with E-state index in [-0.39, 0.29) is 12.0 Å². The van der Waals surface area contributed by atoms with Crippen molar-refractivity contribution in [2.75, 3.05) is 37.7 Å². The SMILES string of the molecule is O=C([C@H]1CCCO1)N1CCN(c2ccccc2)CC1. The number of carbonyl (C=O) groups is 1. The van der Waals surface area contributed by atoms with Crippen LogP contribution in [0.4, 0.5) is 5.69 Å². The van der Waals surface area contributed by atoms with Crippen LogP contribution in [0.3, 0.4) is 0 Å². The summed E-state index contributed by atoms with van der Waals surface area (Å²) in [6.07, 6.45) is 1.72. The van der Waals surface area contributed by atoms with E-state index in [9.17, 15) is 4.79 Å². The molecule has 0 saturated carbocycles. The first-order valence-electron chi connectivity index (χ1n) is 7.05. The lowest BCUT2D eigenvalue weighted by atomic mass is 10.2. The van der Waals surface area contributed by atoms with Crippen LogP contribution < -0.4 is 4.90 Å². The Balaban J connectivity index is 1.56. The van der Waals surface area contributed by atoms with Crippen LogP contribution in [0.5, 0.6) is 0 Å². The number of hydrogen-bond donors (Lipinski definition) is 0. The highest BCUT2D eigenvalue weighted by molar-refractivity contribution is 5.81. The summed E-state index contributed by atoms with van der Waals surface area (Å²) in [4.78, 5) is 16.5. The van der Waals surface area contributed by atoms with E-state index in [0.717, 1.165) is 45.6 Å². The molecule has 0 bridgehead atoms. The molecule has 0 N–H and O–H groups in total. The van der Waals surface area contributed by atoms with Gasteiger partial charge in [-0.25, -0.2) is 0 Å². The second kappa shape index (κ2) is 5.61. The van der Waals surface area contributed by atoms with Crippen LogP contribution in [-0.4, -0.2) is 49.7 Å². The number of para-hydroxylation sites is 1. The van der Waals surface area contributed by atoms with Crippen molar-refractivity contribution in [3.8, 4) is 0 Å². The predicted molar refractivity (Wildman–Crippen MR) is 74.2 cm³/mol. The van der Waals surface area contributed by atoms with Crippen LogP contribution in [0.25, 0.3) is 0 Å². The smallest absolute Gasteiger partial charge is 0.251 e. The molecular formula is C15H20N2O2. The maximum atomic E-state index is 12.2. The predicted octanol–water partition coefficient (Wildman–Crippen LogP) is 1.51. The Hall–Kier alpha value is -1.55. The van der Waals surface area contributed by atoms with Crippen LogP contribution in [0.2, 0.25) is 0 Å². The molecule has 4 nitrogen and oxygen atoms in total. The monoisotopic (exact) mass is 260 g/mol. The zero-order chi connectivity index (χ0) is 13.1. The van der Waals surface area contributed by atoms with Gasteiger partial charge in [-0.3, -0.25) is 4.79 Å². The lowest BCUT2D eigenvalue weighted by Crippen LogP contribution is -2.51. The van der Waals surface area contributed by atoms with E-state index in [1.807, 2.05) is 11.0 Å². The summed E-state index contributed by atoms with van der Waals surface area (Å²) in [5, 5.41) is 0. The third kappa shape index (κ3) is 2.73. The molecule has 1 amide bonds. The molecule has 4 heteroatoms. The van der Waals surface area contributed by atoms with E-state index in [2.05, 4.69) is 29.2 Å². The van der Waals surface area contributed by atoms with Crippen molar-refractivity contribution >= 4 is 11.6 Å². The standard InChI is InChI=1S/C15H20N2O2/c18-15(14-7-4-12-19-14)17-10-8-16(9-11-17)13-5-2-1-3-6-13/h1-3,5-6,14H,4,7-12H2/t14-/m1/s1. The summed E-state index contributed by atoms with van der Waals surface area (Å²) in [5.74, 6) is 0.185. The van der Waals surface area contributed by atoms with Gasteiger partial charge in [0.05, 0.1) is 0 Å². The number of rotatable bonds is 2. The molecule has 2 saturated heterocycles. The normalized spacial score (nSPS) is 23.7. The third-order valence-corrected chi connectivity index (χ3v) is 3.92. The molecule has 2 fully saturated rings. The molecule has 3 rings (SSSR count). The fourth-order valence-corrected chi connectivity index (χ4v) is 2.80. The Bertz CT molecular complexity index is 421. The van der Waals surface area contributed by atoms with Gasteiger partial charge in [0.1, 0.15) is 6.10 Å². The summed E-state index contributed by atoms with van der Waals surface area (Å²) in [5.41, 5.74) is 1.24. The second-order valence-corrected chi connectivity index (χ2v) is 5.15. The van der Waals surface area contributed by atoms with Crippen molar-refractivity contribution in [3.05, 3.63) is 30.3 Å². The molecule has 0 radical (unpaired) electrons. The Morgan fingerprint density at radius 1 is 1.11 bits per heavy atom. The molecule has 0 aliphatic carbocycles. The second-order valence-electron chi connectivity index (χ2n) is 5.15. The van der Waals surface area contributed by atoms with Gasteiger partial charge >= 0.3 is 0 Å². The molecule has 1 aromatic rings. The maximum Gasteiger partial charge on any atom is 0.251 e. The first kappa shape index (κ1) is 12.5. The van der Waals surface area contributed by atoms with Crippen molar-refractivity contribution in [1.82, 2.24) is 4.90 Å². The first-order valence-corrected chi connectivity index (χ1v) is 7.05. The molecule has 0 spiro atoms. The molecular weight excluding hydrogens is 240 g/mol. The lowest BCUT2D eigenvalue weighted by Gasteiger charge is -2.37. The first-order chi connectivity index (χ1) is 9.34. The number of amides is 1. The highest BCUT2D eigenvalue weighted by Gasteiger charge is 2.30. The van der Waals surface area contributed by atoms with Gasteiger partial charge in [-0.2, -0.15) is 0 Å². The molecule has 19 heavy (non-hydrogen) atoms. The van der Waals surface area contributed by atoms with Gasteiger partial charge in [0.15, 0.2) is 0 Å². The van der Waals surface area contributed by atoms with Gasteiger partial charge in [0.25, 0.3) is 5.91 Å². The van der Waals surface area contributed by atoms with Crippen LogP contribution >= 0.6 is 0 Å². The highest BCUT2D eigenvalue weighted by atomic mass is 16.5. The van der Waals surface area contributed by atoms with E-state index < -0.39 is 0 Å². The van der Waals surface area contributed by atoms with Crippen molar-refractivity contribution in [3.63, 3.8) is 0 Å². The average Bonchev–Trinajstić information content (AvgIpc) is 3.02. The van der Waals surface area contributed by atoms with Gasteiger partial charge < -0.3 is 14.5 Å². The quantitative estimate of drug-likeness (QED) is 0.808. The fraction of sp³-hybridized carbons (Fsp3) is 0.533. The average molecular weight is 260 g/mol. The Kier molecular flexibility index (Phi) is 3.69. The number of nitrogens with zero attached hydrogens (tertiary/aromatic N) is 2. The number of carbonyl (C=O) groups excluding carboxylic acids is 1. The van der Waals surface area contributed by atoms with Crippen LogP contribution in [0.15, 0.2) is 30.3 Å². The molecule has 102 valence electrons. The maximum absolute atomic E-state index is 12.2. The van der Waals surface area contributed by atoms with Crippen molar-refractivity contribution in [2.45, 2.75) is 18.9 Å².